The summed E-state index contributed by atoms with van der Waals surface area (Å²) in [7, 11) is 0. The lowest BCUT2D eigenvalue weighted by Crippen LogP contribution is -2.43. The van der Waals surface area contributed by atoms with Gasteiger partial charge >= 0.3 is 0 Å². The van der Waals surface area contributed by atoms with Crippen LogP contribution in [0.4, 0.5) is 0 Å². The highest BCUT2D eigenvalue weighted by Crippen LogP contribution is 2.18. The molecular weight excluding hydrogens is 414 g/mol. The summed E-state index contributed by atoms with van der Waals surface area (Å²) in [4.78, 5) is 25.8. The number of rotatable bonds is 7. The number of aryl methyl sites for hydroxylation is 1. The first-order valence-electron chi connectivity index (χ1n) is 9.20. The van der Waals surface area contributed by atoms with Crippen LogP contribution < -0.4 is 5.32 Å². The fourth-order valence-corrected chi connectivity index (χ4v) is 3.48. The molecule has 0 saturated carbocycles. The van der Waals surface area contributed by atoms with Crippen LogP contribution in [0.15, 0.2) is 83.3 Å². The molecule has 142 valence electrons. The standard InChI is InChI=1S/C24H22BrNO2/c1-17-12-13-21(25)15-20(17)16-23(27)22(14-18-8-4-2-5-9-18)26-24(28)19-10-6-3-7-11-19/h2-13,15,22H,14,16H2,1H3,(H,26,28). The third kappa shape index (κ3) is 5.40. The summed E-state index contributed by atoms with van der Waals surface area (Å²) in [5.41, 5.74) is 3.59. The van der Waals surface area contributed by atoms with Gasteiger partial charge in [-0.05, 0) is 54.3 Å². The average molecular weight is 436 g/mol. The van der Waals surface area contributed by atoms with E-state index >= 15 is 0 Å². The van der Waals surface area contributed by atoms with E-state index < -0.39 is 6.04 Å². The van der Waals surface area contributed by atoms with Crippen molar-refractivity contribution >= 4 is 27.6 Å². The molecular formula is C24H22BrNO2. The lowest BCUT2D eigenvalue weighted by molar-refractivity contribution is -0.120. The Morgan fingerprint density at radius 2 is 1.57 bits per heavy atom. The molecule has 0 radical (unpaired) electrons. The van der Waals surface area contributed by atoms with Crippen LogP contribution in [0.3, 0.4) is 0 Å². The van der Waals surface area contributed by atoms with Gasteiger partial charge in [0.25, 0.3) is 5.91 Å². The molecule has 1 N–H and O–H groups in total. The zero-order valence-corrected chi connectivity index (χ0v) is 17.3. The number of nitrogens with one attached hydrogen (secondary N) is 1. The molecule has 3 aromatic carbocycles. The van der Waals surface area contributed by atoms with Crippen LogP contribution in [0.25, 0.3) is 0 Å². The molecule has 0 aliphatic rings. The number of carbonyl (C=O) groups is 2. The molecule has 3 nitrogen and oxygen atoms in total. The zero-order chi connectivity index (χ0) is 19.9. The lowest BCUT2D eigenvalue weighted by atomic mass is 9.95. The second-order valence-electron chi connectivity index (χ2n) is 6.80. The van der Waals surface area contributed by atoms with Gasteiger partial charge in [0.15, 0.2) is 5.78 Å². The highest BCUT2D eigenvalue weighted by molar-refractivity contribution is 9.10. The van der Waals surface area contributed by atoms with E-state index in [1.807, 2.05) is 73.7 Å². The third-order valence-corrected chi connectivity index (χ3v) is 5.18. The van der Waals surface area contributed by atoms with Crippen LogP contribution in [0, 0.1) is 6.92 Å². The third-order valence-electron chi connectivity index (χ3n) is 4.69. The molecule has 28 heavy (non-hydrogen) atoms. The molecule has 0 aliphatic carbocycles. The predicted octanol–water partition coefficient (Wildman–Crippen LogP) is 4.91. The van der Waals surface area contributed by atoms with Crippen molar-refractivity contribution in [3.63, 3.8) is 0 Å². The van der Waals surface area contributed by atoms with E-state index in [0.29, 0.717) is 12.0 Å². The number of halogens is 1. The van der Waals surface area contributed by atoms with Gasteiger partial charge in [0, 0.05) is 16.5 Å². The van der Waals surface area contributed by atoms with Crippen LogP contribution in [-0.2, 0) is 17.6 Å². The molecule has 1 atom stereocenters. The number of benzene rings is 3. The van der Waals surface area contributed by atoms with Crippen molar-refractivity contribution in [3.05, 3.63) is 106 Å². The second-order valence-corrected chi connectivity index (χ2v) is 7.71. The van der Waals surface area contributed by atoms with Crippen molar-refractivity contribution in [1.29, 1.82) is 0 Å². The first-order chi connectivity index (χ1) is 13.5. The summed E-state index contributed by atoms with van der Waals surface area (Å²) in [6.45, 7) is 1.99. The molecule has 0 heterocycles. The van der Waals surface area contributed by atoms with E-state index in [4.69, 9.17) is 0 Å². The quantitative estimate of drug-likeness (QED) is 0.572. The normalized spacial score (nSPS) is 11.6. The fourth-order valence-electron chi connectivity index (χ4n) is 3.07. The van der Waals surface area contributed by atoms with Gasteiger partial charge in [-0.1, -0.05) is 70.5 Å². The van der Waals surface area contributed by atoms with Gasteiger partial charge in [-0.3, -0.25) is 9.59 Å². The molecule has 0 saturated heterocycles. The second kappa shape index (κ2) is 9.47. The van der Waals surface area contributed by atoms with E-state index in [9.17, 15) is 9.59 Å². The Morgan fingerprint density at radius 3 is 2.25 bits per heavy atom. The van der Waals surface area contributed by atoms with Crippen LogP contribution in [0.1, 0.15) is 27.0 Å². The van der Waals surface area contributed by atoms with Crippen molar-refractivity contribution < 1.29 is 9.59 Å². The van der Waals surface area contributed by atoms with Gasteiger partial charge in [-0.15, -0.1) is 0 Å². The minimum absolute atomic E-state index is 0.00525. The molecule has 1 amide bonds. The Balaban J connectivity index is 1.81. The van der Waals surface area contributed by atoms with Crippen molar-refractivity contribution in [2.24, 2.45) is 0 Å². The van der Waals surface area contributed by atoms with Crippen LogP contribution in [0.5, 0.6) is 0 Å². The lowest BCUT2D eigenvalue weighted by Gasteiger charge is -2.19. The molecule has 4 heteroatoms. The summed E-state index contributed by atoms with van der Waals surface area (Å²) in [6, 6.07) is 24.1. The van der Waals surface area contributed by atoms with Gasteiger partial charge in [-0.25, -0.2) is 0 Å². The van der Waals surface area contributed by atoms with Crippen molar-refractivity contribution in [1.82, 2.24) is 5.32 Å². The summed E-state index contributed by atoms with van der Waals surface area (Å²) in [5, 5.41) is 2.94. The topological polar surface area (TPSA) is 46.2 Å². The van der Waals surface area contributed by atoms with Crippen LogP contribution in [-0.4, -0.2) is 17.7 Å². The minimum atomic E-state index is -0.589. The SMILES string of the molecule is Cc1ccc(Br)cc1CC(=O)C(Cc1ccccc1)NC(=O)c1ccccc1. The Kier molecular flexibility index (Phi) is 6.77. The molecule has 3 rings (SSSR count). The number of carbonyl (C=O) groups excluding carboxylic acids is 2. The van der Waals surface area contributed by atoms with Gasteiger partial charge < -0.3 is 5.32 Å². The highest BCUT2D eigenvalue weighted by atomic mass is 79.9. The van der Waals surface area contributed by atoms with Gasteiger partial charge in [-0.2, -0.15) is 0 Å². The molecule has 0 aliphatic heterocycles. The predicted molar refractivity (Wildman–Crippen MR) is 115 cm³/mol. The van der Waals surface area contributed by atoms with Crippen molar-refractivity contribution in [3.8, 4) is 0 Å². The summed E-state index contributed by atoms with van der Waals surface area (Å²) in [5.74, 6) is -0.241. The average Bonchev–Trinajstić information content (AvgIpc) is 2.71. The Morgan fingerprint density at radius 1 is 0.929 bits per heavy atom. The number of ketones is 1. The number of amides is 1. The molecule has 0 spiro atoms. The molecule has 3 aromatic rings. The van der Waals surface area contributed by atoms with Crippen molar-refractivity contribution in [2.45, 2.75) is 25.8 Å². The maximum Gasteiger partial charge on any atom is 0.251 e. The van der Waals surface area contributed by atoms with Gasteiger partial charge in [0.2, 0.25) is 0 Å². The van der Waals surface area contributed by atoms with Crippen LogP contribution >= 0.6 is 15.9 Å². The van der Waals surface area contributed by atoms with Gasteiger partial charge in [0.05, 0.1) is 6.04 Å². The molecule has 0 fully saturated rings. The Labute approximate surface area is 173 Å². The van der Waals surface area contributed by atoms with Gasteiger partial charge in [0.1, 0.15) is 0 Å². The van der Waals surface area contributed by atoms with E-state index in [2.05, 4.69) is 21.2 Å². The zero-order valence-electron chi connectivity index (χ0n) is 15.7. The number of hydrogen-bond donors (Lipinski definition) is 1. The smallest absolute Gasteiger partial charge is 0.251 e. The van der Waals surface area contributed by atoms with E-state index in [0.717, 1.165) is 21.2 Å². The molecule has 1 unspecified atom stereocenters. The summed E-state index contributed by atoms with van der Waals surface area (Å²) >= 11 is 3.47. The fraction of sp³-hybridized carbons (Fsp3) is 0.167. The van der Waals surface area contributed by atoms with E-state index in [-0.39, 0.29) is 18.1 Å². The summed E-state index contributed by atoms with van der Waals surface area (Å²) in [6.07, 6.45) is 0.739. The van der Waals surface area contributed by atoms with E-state index in [1.165, 1.54) is 0 Å². The molecule has 0 aromatic heterocycles. The first-order valence-corrected chi connectivity index (χ1v) is 10.00. The van der Waals surface area contributed by atoms with Crippen molar-refractivity contribution in [2.75, 3.05) is 0 Å². The van der Waals surface area contributed by atoms with Crippen LogP contribution in [0.2, 0.25) is 0 Å². The maximum absolute atomic E-state index is 13.1. The monoisotopic (exact) mass is 435 g/mol. The first kappa shape index (κ1) is 20.0. The molecule has 0 bridgehead atoms. The number of hydrogen-bond acceptors (Lipinski definition) is 2. The Hall–Kier alpha value is -2.72. The minimum Gasteiger partial charge on any atom is -0.342 e. The summed E-state index contributed by atoms with van der Waals surface area (Å²) < 4.78 is 0.939. The highest BCUT2D eigenvalue weighted by Gasteiger charge is 2.22. The Bertz CT molecular complexity index is 955. The largest absolute Gasteiger partial charge is 0.342 e. The number of Topliss-reactive ketones (excluding diaryl/α,β-unsaturated/α-hetero) is 1. The van der Waals surface area contributed by atoms with E-state index in [1.54, 1.807) is 12.1 Å². The maximum atomic E-state index is 13.1.